The molecule has 31 heavy (non-hydrogen) atoms. The van der Waals surface area contributed by atoms with Crippen LogP contribution in [0.4, 0.5) is 0 Å². The van der Waals surface area contributed by atoms with Crippen molar-refractivity contribution in [1.29, 1.82) is 0 Å². The monoisotopic (exact) mass is 413 g/mol. The fourth-order valence-corrected chi connectivity index (χ4v) is 4.11. The Hall–Kier alpha value is -3.58. The van der Waals surface area contributed by atoms with Crippen LogP contribution in [0.3, 0.4) is 0 Å². The van der Waals surface area contributed by atoms with Gasteiger partial charge >= 0.3 is 0 Å². The summed E-state index contributed by atoms with van der Waals surface area (Å²) in [5.74, 6) is 1.22. The van der Waals surface area contributed by atoms with Gasteiger partial charge in [0.25, 0.3) is 5.56 Å². The molecule has 4 heterocycles. The molecule has 0 spiro atoms. The van der Waals surface area contributed by atoms with Gasteiger partial charge in [0.2, 0.25) is 5.88 Å². The lowest BCUT2D eigenvalue weighted by molar-refractivity contribution is 0.236. The molecule has 1 aliphatic heterocycles. The molecule has 156 valence electrons. The van der Waals surface area contributed by atoms with Crippen molar-refractivity contribution in [2.45, 2.75) is 26.4 Å². The summed E-state index contributed by atoms with van der Waals surface area (Å²) in [6, 6.07) is 12.1. The molecule has 0 fully saturated rings. The normalized spacial score (nSPS) is 13.9. The first-order valence-electron chi connectivity index (χ1n) is 10.3. The summed E-state index contributed by atoms with van der Waals surface area (Å²) in [7, 11) is 1.65. The summed E-state index contributed by atoms with van der Waals surface area (Å²) in [5.41, 5.74) is 5.52. The van der Waals surface area contributed by atoms with Crippen molar-refractivity contribution in [1.82, 2.24) is 24.8 Å². The van der Waals surface area contributed by atoms with E-state index in [2.05, 4.69) is 46.1 Å². The third kappa shape index (κ3) is 3.80. The van der Waals surface area contributed by atoms with Gasteiger partial charge < -0.3 is 9.72 Å². The first kappa shape index (κ1) is 19.4. The molecule has 1 aliphatic rings. The van der Waals surface area contributed by atoms with E-state index in [9.17, 15) is 4.79 Å². The topological polar surface area (TPSA) is 84.0 Å². The molecule has 4 aromatic rings. The van der Waals surface area contributed by atoms with Crippen LogP contribution < -0.4 is 10.3 Å². The van der Waals surface area contributed by atoms with Crippen LogP contribution in [0, 0.1) is 6.92 Å². The minimum absolute atomic E-state index is 0.0585. The molecule has 0 bridgehead atoms. The van der Waals surface area contributed by atoms with Crippen LogP contribution in [0.15, 0.2) is 53.6 Å². The average Bonchev–Trinajstić information content (AvgIpc) is 2.79. The van der Waals surface area contributed by atoms with Gasteiger partial charge in [-0.1, -0.05) is 12.1 Å². The molecule has 7 heteroatoms. The molecule has 0 atom stereocenters. The Morgan fingerprint density at radius 3 is 2.77 bits per heavy atom. The van der Waals surface area contributed by atoms with Crippen molar-refractivity contribution in [3.05, 3.63) is 81.5 Å². The van der Waals surface area contributed by atoms with E-state index in [1.54, 1.807) is 19.5 Å². The maximum absolute atomic E-state index is 12.6. The van der Waals surface area contributed by atoms with Crippen LogP contribution in [-0.4, -0.2) is 38.5 Å². The fraction of sp³-hybridized carbons (Fsp3) is 0.250. The standard InChI is InChI=1S/C24H23N5O2/c1-15-3-4-17-12-18(24(31-2)27-20(17)11-15)13-29-10-7-19-21(14-29)26-22(28-23(19)30)16-5-8-25-9-6-16/h3-6,8-9,11-12H,7,10,13-14H2,1-2H3,(H,26,28,30). The molecule has 3 aromatic heterocycles. The van der Waals surface area contributed by atoms with E-state index < -0.39 is 0 Å². The minimum atomic E-state index is -0.0585. The van der Waals surface area contributed by atoms with Gasteiger partial charge in [0.15, 0.2) is 0 Å². The second-order valence-electron chi connectivity index (χ2n) is 7.89. The van der Waals surface area contributed by atoms with Crippen molar-refractivity contribution >= 4 is 10.9 Å². The predicted molar refractivity (Wildman–Crippen MR) is 119 cm³/mol. The number of aromatic nitrogens is 4. The number of aryl methyl sites for hydroxylation is 1. The summed E-state index contributed by atoms with van der Waals surface area (Å²) in [4.78, 5) is 31.3. The zero-order valence-electron chi connectivity index (χ0n) is 17.6. The largest absolute Gasteiger partial charge is 0.481 e. The number of methoxy groups -OCH3 is 1. The number of H-pyrrole nitrogens is 1. The van der Waals surface area contributed by atoms with E-state index in [4.69, 9.17) is 14.7 Å². The smallest absolute Gasteiger partial charge is 0.254 e. The van der Waals surface area contributed by atoms with Gasteiger partial charge in [0, 0.05) is 54.1 Å². The number of nitrogens with one attached hydrogen (secondary N) is 1. The number of benzene rings is 1. The van der Waals surface area contributed by atoms with Crippen molar-refractivity contribution in [2.24, 2.45) is 0 Å². The fourth-order valence-electron chi connectivity index (χ4n) is 4.11. The van der Waals surface area contributed by atoms with Gasteiger partial charge in [-0.05, 0) is 43.2 Å². The Kier molecular flexibility index (Phi) is 4.95. The summed E-state index contributed by atoms with van der Waals surface area (Å²) >= 11 is 0. The van der Waals surface area contributed by atoms with Crippen LogP contribution in [0.5, 0.6) is 5.88 Å². The number of aromatic amines is 1. The van der Waals surface area contributed by atoms with E-state index in [1.165, 1.54) is 5.56 Å². The molecule has 5 rings (SSSR count). The van der Waals surface area contributed by atoms with E-state index in [0.29, 0.717) is 31.2 Å². The molecule has 1 aromatic carbocycles. The van der Waals surface area contributed by atoms with Gasteiger partial charge in [-0.3, -0.25) is 14.7 Å². The molecule has 0 amide bonds. The first-order chi connectivity index (χ1) is 15.1. The van der Waals surface area contributed by atoms with Gasteiger partial charge in [-0.25, -0.2) is 9.97 Å². The molecule has 0 unspecified atom stereocenters. The van der Waals surface area contributed by atoms with E-state index in [-0.39, 0.29) is 5.56 Å². The SMILES string of the molecule is COc1nc2cc(C)ccc2cc1CN1CCc2c(nc(-c3ccncc3)[nH]c2=O)C1. The van der Waals surface area contributed by atoms with Crippen molar-refractivity contribution in [3.8, 4) is 17.3 Å². The van der Waals surface area contributed by atoms with E-state index >= 15 is 0 Å². The Morgan fingerprint density at radius 1 is 1.13 bits per heavy atom. The first-order valence-corrected chi connectivity index (χ1v) is 10.3. The van der Waals surface area contributed by atoms with Crippen LogP contribution in [0.1, 0.15) is 22.4 Å². The second kappa shape index (κ2) is 7.92. The number of fused-ring (bicyclic) bond motifs is 2. The third-order valence-corrected chi connectivity index (χ3v) is 5.71. The lowest BCUT2D eigenvalue weighted by Gasteiger charge is -2.28. The van der Waals surface area contributed by atoms with Crippen molar-refractivity contribution in [2.75, 3.05) is 13.7 Å². The molecular formula is C24H23N5O2. The number of ether oxygens (including phenoxy) is 1. The summed E-state index contributed by atoms with van der Waals surface area (Å²) in [6.45, 7) is 4.12. The number of rotatable bonds is 4. The molecule has 7 nitrogen and oxygen atoms in total. The number of pyridine rings is 2. The third-order valence-electron chi connectivity index (χ3n) is 5.71. The second-order valence-corrected chi connectivity index (χ2v) is 7.89. The Morgan fingerprint density at radius 2 is 1.97 bits per heavy atom. The van der Waals surface area contributed by atoms with Gasteiger partial charge in [-0.2, -0.15) is 0 Å². The zero-order chi connectivity index (χ0) is 21.4. The highest BCUT2D eigenvalue weighted by Gasteiger charge is 2.23. The molecule has 0 aliphatic carbocycles. The quantitative estimate of drug-likeness (QED) is 0.553. The maximum atomic E-state index is 12.6. The van der Waals surface area contributed by atoms with Gasteiger partial charge in [0.05, 0.1) is 18.3 Å². The number of nitrogens with zero attached hydrogens (tertiary/aromatic N) is 4. The number of hydrogen-bond donors (Lipinski definition) is 1. The van der Waals surface area contributed by atoms with Gasteiger partial charge in [0.1, 0.15) is 5.82 Å². The predicted octanol–water partition coefficient (Wildman–Crippen LogP) is 3.26. The Balaban J connectivity index is 1.45. The van der Waals surface area contributed by atoms with E-state index in [0.717, 1.165) is 39.8 Å². The lowest BCUT2D eigenvalue weighted by Crippen LogP contribution is -2.35. The molecular weight excluding hydrogens is 390 g/mol. The summed E-state index contributed by atoms with van der Waals surface area (Å²) < 4.78 is 5.59. The van der Waals surface area contributed by atoms with Crippen molar-refractivity contribution in [3.63, 3.8) is 0 Å². The molecule has 0 saturated heterocycles. The summed E-state index contributed by atoms with van der Waals surface area (Å²) in [6.07, 6.45) is 4.06. The average molecular weight is 413 g/mol. The Labute approximate surface area is 179 Å². The number of hydrogen-bond acceptors (Lipinski definition) is 6. The van der Waals surface area contributed by atoms with Crippen LogP contribution >= 0.6 is 0 Å². The van der Waals surface area contributed by atoms with Crippen molar-refractivity contribution < 1.29 is 4.74 Å². The summed E-state index contributed by atoms with van der Waals surface area (Å²) in [5, 5.41) is 1.09. The van der Waals surface area contributed by atoms with Crippen LogP contribution in [0.2, 0.25) is 0 Å². The Bertz CT molecular complexity index is 1320. The maximum Gasteiger partial charge on any atom is 0.254 e. The highest BCUT2D eigenvalue weighted by atomic mass is 16.5. The molecule has 0 saturated carbocycles. The zero-order valence-corrected chi connectivity index (χ0v) is 17.6. The lowest BCUT2D eigenvalue weighted by atomic mass is 10.0. The minimum Gasteiger partial charge on any atom is -0.481 e. The molecule has 1 N–H and O–H groups in total. The van der Waals surface area contributed by atoms with Gasteiger partial charge in [-0.15, -0.1) is 0 Å². The highest BCUT2D eigenvalue weighted by Crippen LogP contribution is 2.26. The van der Waals surface area contributed by atoms with Crippen LogP contribution in [0.25, 0.3) is 22.3 Å². The van der Waals surface area contributed by atoms with E-state index in [1.807, 2.05) is 12.1 Å². The van der Waals surface area contributed by atoms with Crippen LogP contribution in [-0.2, 0) is 19.5 Å². The highest BCUT2D eigenvalue weighted by molar-refractivity contribution is 5.80. The molecule has 0 radical (unpaired) electrons.